The molecule has 4 heteroatoms. The van der Waals surface area contributed by atoms with Crippen LogP contribution in [0.25, 0.3) is 11.3 Å². The number of aromatic nitrogens is 2. The van der Waals surface area contributed by atoms with E-state index >= 15 is 0 Å². The maximum atomic E-state index is 9.56. The smallest absolute Gasteiger partial charge is 0.223 e. The van der Waals surface area contributed by atoms with E-state index in [0.717, 1.165) is 16.8 Å². The van der Waals surface area contributed by atoms with Crippen LogP contribution in [-0.4, -0.2) is 15.1 Å². The second-order valence-corrected chi connectivity index (χ2v) is 4.96. The molecule has 2 aromatic heterocycles. The second kappa shape index (κ2) is 6.26. The molecular formula is C18H16N2O2. The molecule has 0 spiro atoms. The van der Waals surface area contributed by atoms with Crippen molar-refractivity contribution in [1.29, 1.82) is 0 Å². The molecule has 1 aromatic carbocycles. The number of hydrogen-bond acceptors (Lipinski definition) is 4. The summed E-state index contributed by atoms with van der Waals surface area (Å²) in [5.74, 6) is 0.494. The van der Waals surface area contributed by atoms with Gasteiger partial charge >= 0.3 is 0 Å². The molecule has 2 heterocycles. The maximum Gasteiger partial charge on any atom is 0.223 e. The molecule has 0 aliphatic heterocycles. The minimum Gasteiger partial charge on any atom is -0.493 e. The van der Waals surface area contributed by atoms with E-state index in [1.165, 1.54) is 6.07 Å². The van der Waals surface area contributed by atoms with Crippen molar-refractivity contribution >= 4 is 0 Å². The normalized spacial score (nSPS) is 10.4. The molecule has 0 atom stereocenters. The van der Waals surface area contributed by atoms with E-state index in [2.05, 4.69) is 9.97 Å². The summed E-state index contributed by atoms with van der Waals surface area (Å²) in [6, 6.07) is 18.8. The monoisotopic (exact) mass is 292 g/mol. The van der Waals surface area contributed by atoms with Gasteiger partial charge in [0.1, 0.15) is 6.61 Å². The molecule has 4 nitrogen and oxygen atoms in total. The van der Waals surface area contributed by atoms with Gasteiger partial charge in [-0.25, -0.2) is 9.97 Å². The molecule has 0 aliphatic rings. The predicted octanol–water partition coefficient (Wildman–Crippen LogP) is 3.74. The molecule has 110 valence electrons. The number of aryl methyl sites for hydroxylation is 1. The van der Waals surface area contributed by atoms with E-state index in [9.17, 15) is 5.11 Å². The van der Waals surface area contributed by atoms with E-state index < -0.39 is 0 Å². The first kappa shape index (κ1) is 14.1. The summed E-state index contributed by atoms with van der Waals surface area (Å²) in [6.45, 7) is 2.35. The van der Waals surface area contributed by atoms with E-state index in [-0.39, 0.29) is 5.88 Å². The van der Waals surface area contributed by atoms with Crippen LogP contribution in [0.5, 0.6) is 11.8 Å². The fourth-order valence-corrected chi connectivity index (χ4v) is 2.14. The summed E-state index contributed by atoms with van der Waals surface area (Å²) in [7, 11) is 0. The van der Waals surface area contributed by atoms with Gasteiger partial charge in [-0.05, 0) is 30.7 Å². The maximum absolute atomic E-state index is 9.56. The number of benzene rings is 1. The summed E-state index contributed by atoms with van der Waals surface area (Å²) >= 11 is 0. The molecule has 3 aromatic rings. The Labute approximate surface area is 129 Å². The minimum atomic E-state index is -0.0212. The molecule has 22 heavy (non-hydrogen) atoms. The number of pyridine rings is 2. The van der Waals surface area contributed by atoms with Gasteiger partial charge in [0.05, 0.1) is 11.3 Å². The van der Waals surface area contributed by atoms with Gasteiger partial charge in [-0.2, -0.15) is 0 Å². The molecule has 0 saturated carbocycles. The SMILES string of the molecule is Cc1ccc(-c2cccc(O)n2)c(OCc2ccccc2)n1. The lowest BCUT2D eigenvalue weighted by Gasteiger charge is -2.11. The van der Waals surface area contributed by atoms with E-state index in [1.807, 2.05) is 55.5 Å². The Morgan fingerprint density at radius 2 is 1.73 bits per heavy atom. The Balaban J connectivity index is 1.91. The highest BCUT2D eigenvalue weighted by Crippen LogP contribution is 2.28. The van der Waals surface area contributed by atoms with E-state index in [4.69, 9.17) is 4.74 Å². The van der Waals surface area contributed by atoms with Gasteiger partial charge in [0.25, 0.3) is 0 Å². The lowest BCUT2D eigenvalue weighted by Crippen LogP contribution is -2.00. The van der Waals surface area contributed by atoms with Crippen molar-refractivity contribution in [2.45, 2.75) is 13.5 Å². The first-order valence-corrected chi connectivity index (χ1v) is 7.03. The number of hydrogen-bond donors (Lipinski definition) is 1. The van der Waals surface area contributed by atoms with Crippen molar-refractivity contribution in [1.82, 2.24) is 9.97 Å². The van der Waals surface area contributed by atoms with Gasteiger partial charge in [-0.1, -0.05) is 36.4 Å². The molecule has 0 unspecified atom stereocenters. The van der Waals surface area contributed by atoms with Crippen LogP contribution in [0.2, 0.25) is 0 Å². The Hall–Kier alpha value is -2.88. The summed E-state index contributed by atoms with van der Waals surface area (Å²) in [6.07, 6.45) is 0. The van der Waals surface area contributed by atoms with Crippen LogP contribution in [0, 0.1) is 6.92 Å². The van der Waals surface area contributed by atoms with Gasteiger partial charge in [0.15, 0.2) is 0 Å². The lowest BCUT2D eigenvalue weighted by molar-refractivity contribution is 0.294. The third kappa shape index (κ3) is 3.23. The van der Waals surface area contributed by atoms with Crippen LogP contribution in [-0.2, 0) is 6.61 Å². The van der Waals surface area contributed by atoms with Crippen molar-refractivity contribution in [2.75, 3.05) is 0 Å². The van der Waals surface area contributed by atoms with Crippen LogP contribution in [0.4, 0.5) is 0 Å². The van der Waals surface area contributed by atoms with Crippen molar-refractivity contribution < 1.29 is 9.84 Å². The highest BCUT2D eigenvalue weighted by Gasteiger charge is 2.10. The molecular weight excluding hydrogens is 276 g/mol. The molecule has 0 radical (unpaired) electrons. The topological polar surface area (TPSA) is 55.2 Å². The summed E-state index contributed by atoms with van der Waals surface area (Å²) in [4.78, 5) is 8.57. The zero-order valence-electron chi connectivity index (χ0n) is 12.2. The van der Waals surface area contributed by atoms with Crippen molar-refractivity contribution in [3.05, 3.63) is 71.9 Å². The number of ether oxygens (including phenoxy) is 1. The lowest BCUT2D eigenvalue weighted by atomic mass is 10.1. The number of aromatic hydroxyl groups is 1. The van der Waals surface area contributed by atoms with Crippen LogP contribution < -0.4 is 4.74 Å². The fraction of sp³-hybridized carbons (Fsp3) is 0.111. The molecule has 1 N–H and O–H groups in total. The van der Waals surface area contributed by atoms with Crippen LogP contribution in [0.15, 0.2) is 60.7 Å². The van der Waals surface area contributed by atoms with Gasteiger partial charge in [-0.15, -0.1) is 0 Å². The zero-order valence-corrected chi connectivity index (χ0v) is 12.2. The molecule has 0 amide bonds. The highest BCUT2D eigenvalue weighted by atomic mass is 16.5. The van der Waals surface area contributed by atoms with Gasteiger partial charge < -0.3 is 9.84 Å². The van der Waals surface area contributed by atoms with Crippen molar-refractivity contribution in [3.8, 4) is 23.0 Å². The quantitative estimate of drug-likeness (QED) is 0.796. The standard InChI is InChI=1S/C18H16N2O2/c1-13-10-11-15(16-8-5-9-17(21)20-16)18(19-13)22-12-14-6-3-2-4-7-14/h2-11H,12H2,1H3,(H,20,21). The summed E-state index contributed by atoms with van der Waals surface area (Å²) in [5.41, 5.74) is 3.33. The highest BCUT2D eigenvalue weighted by molar-refractivity contribution is 5.65. The average Bonchev–Trinajstić information content (AvgIpc) is 2.54. The summed E-state index contributed by atoms with van der Waals surface area (Å²) in [5, 5.41) is 9.56. The zero-order chi connectivity index (χ0) is 15.4. The van der Waals surface area contributed by atoms with Gasteiger partial charge in [0, 0.05) is 11.8 Å². The molecule has 0 bridgehead atoms. The Bertz CT molecular complexity index is 773. The first-order chi connectivity index (χ1) is 10.7. The van der Waals surface area contributed by atoms with Crippen molar-refractivity contribution in [3.63, 3.8) is 0 Å². The third-order valence-corrected chi connectivity index (χ3v) is 3.23. The van der Waals surface area contributed by atoms with E-state index in [0.29, 0.717) is 18.2 Å². The second-order valence-electron chi connectivity index (χ2n) is 4.96. The van der Waals surface area contributed by atoms with E-state index in [1.54, 1.807) is 6.07 Å². The largest absolute Gasteiger partial charge is 0.493 e. The summed E-state index contributed by atoms with van der Waals surface area (Å²) < 4.78 is 5.87. The average molecular weight is 292 g/mol. The Morgan fingerprint density at radius 3 is 2.50 bits per heavy atom. The number of nitrogens with zero attached hydrogens (tertiary/aromatic N) is 2. The molecule has 0 aliphatic carbocycles. The van der Waals surface area contributed by atoms with Gasteiger partial charge in [0.2, 0.25) is 11.8 Å². The minimum absolute atomic E-state index is 0.0212. The van der Waals surface area contributed by atoms with Crippen LogP contribution in [0.1, 0.15) is 11.3 Å². The predicted molar refractivity (Wildman–Crippen MR) is 84.6 cm³/mol. The Kier molecular flexibility index (Phi) is 4.01. The number of rotatable bonds is 4. The molecule has 0 fully saturated rings. The van der Waals surface area contributed by atoms with Crippen LogP contribution in [0.3, 0.4) is 0 Å². The third-order valence-electron chi connectivity index (χ3n) is 3.23. The van der Waals surface area contributed by atoms with Gasteiger partial charge in [-0.3, -0.25) is 0 Å². The van der Waals surface area contributed by atoms with Crippen molar-refractivity contribution in [2.24, 2.45) is 0 Å². The molecule has 0 saturated heterocycles. The molecule has 3 rings (SSSR count). The van der Waals surface area contributed by atoms with Crippen LogP contribution >= 0.6 is 0 Å². The fourth-order valence-electron chi connectivity index (χ4n) is 2.14. The Morgan fingerprint density at radius 1 is 0.909 bits per heavy atom. The first-order valence-electron chi connectivity index (χ1n) is 7.03.